The number of halogens is 2. The molecule has 178 valence electrons. The zero-order valence-corrected chi connectivity index (χ0v) is 19.6. The molecule has 0 bridgehead atoms. The molecule has 0 aliphatic heterocycles. The number of hydrogen-bond acceptors (Lipinski definition) is 6. The molecule has 7 nitrogen and oxygen atoms in total. The number of pyridine rings is 1. The van der Waals surface area contributed by atoms with Gasteiger partial charge in [0.15, 0.2) is 16.5 Å². The van der Waals surface area contributed by atoms with E-state index in [2.05, 4.69) is 10.3 Å². The number of benzene rings is 1. The number of thiophene rings is 1. The minimum absolute atomic E-state index is 0.141. The normalized spacial score (nSPS) is 11.1. The number of carbonyl (C=O) groups is 1. The van der Waals surface area contributed by atoms with Crippen LogP contribution in [0.1, 0.15) is 22.3 Å². The molecule has 0 amide bonds. The SMILES string of the molecule is CCOc1cc(-c2ccnc(NCCn3c(C)cc4c(OC)cc(F)c(F)c43)c2)sc1C(=O)O. The van der Waals surface area contributed by atoms with Crippen LogP contribution in [0.2, 0.25) is 0 Å². The van der Waals surface area contributed by atoms with Crippen LogP contribution in [0.5, 0.6) is 11.5 Å². The number of carboxylic acid groups (broad SMARTS) is 1. The molecule has 0 aliphatic rings. The van der Waals surface area contributed by atoms with Gasteiger partial charge < -0.3 is 24.5 Å². The molecule has 0 fully saturated rings. The Bertz CT molecular complexity index is 1370. The lowest BCUT2D eigenvalue weighted by molar-refractivity contribution is 0.0698. The number of methoxy groups -OCH3 is 1. The van der Waals surface area contributed by atoms with E-state index in [1.54, 1.807) is 42.0 Å². The molecule has 0 saturated carbocycles. The van der Waals surface area contributed by atoms with Gasteiger partial charge in [-0.15, -0.1) is 11.3 Å². The van der Waals surface area contributed by atoms with Crippen molar-refractivity contribution in [2.45, 2.75) is 20.4 Å². The Labute approximate surface area is 198 Å². The van der Waals surface area contributed by atoms with Crippen LogP contribution in [0, 0.1) is 18.6 Å². The van der Waals surface area contributed by atoms with Gasteiger partial charge in [0.25, 0.3) is 0 Å². The second-order valence-electron chi connectivity index (χ2n) is 7.47. The van der Waals surface area contributed by atoms with E-state index in [0.717, 1.165) is 33.5 Å². The number of aromatic nitrogens is 2. The summed E-state index contributed by atoms with van der Waals surface area (Å²) in [5, 5.41) is 13.1. The van der Waals surface area contributed by atoms with Crippen LogP contribution in [0.3, 0.4) is 0 Å². The molecular weight excluding hydrogens is 464 g/mol. The van der Waals surface area contributed by atoms with Gasteiger partial charge in [-0.05, 0) is 43.7 Å². The van der Waals surface area contributed by atoms with Crippen molar-refractivity contribution in [3.8, 4) is 21.9 Å². The van der Waals surface area contributed by atoms with Crippen LogP contribution < -0.4 is 14.8 Å². The molecule has 3 heterocycles. The van der Waals surface area contributed by atoms with Crippen LogP contribution in [0.25, 0.3) is 21.3 Å². The number of ether oxygens (including phenoxy) is 2. The van der Waals surface area contributed by atoms with Crippen LogP contribution in [0.15, 0.2) is 36.5 Å². The maximum absolute atomic E-state index is 14.6. The number of aromatic carboxylic acids is 1. The number of fused-ring (bicyclic) bond motifs is 1. The fourth-order valence-corrected chi connectivity index (χ4v) is 4.77. The summed E-state index contributed by atoms with van der Waals surface area (Å²) in [6, 6.07) is 8.11. The van der Waals surface area contributed by atoms with E-state index in [4.69, 9.17) is 9.47 Å². The number of aryl methyl sites for hydroxylation is 1. The van der Waals surface area contributed by atoms with Crippen molar-refractivity contribution in [3.05, 3.63) is 58.7 Å². The summed E-state index contributed by atoms with van der Waals surface area (Å²) >= 11 is 1.13. The molecule has 2 N–H and O–H groups in total. The Morgan fingerprint density at radius 3 is 2.74 bits per heavy atom. The third kappa shape index (κ3) is 4.41. The monoisotopic (exact) mass is 487 g/mol. The summed E-state index contributed by atoms with van der Waals surface area (Å²) in [4.78, 5) is 16.7. The van der Waals surface area contributed by atoms with Gasteiger partial charge in [0.2, 0.25) is 0 Å². The first-order valence-corrected chi connectivity index (χ1v) is 11.4. The van der Waals surface area contributed by atoms with Crippen molar-refractivity contribution in [1.82, 2.24) is 9.55 Å². The molecule has 4 aromatic rings. The van der Waals surface area contributed by atoms with Gasteiger partial charge in [-0.3, -0.25) is 0 Å². The van der Waals surface area contributed by atoms with Crippen LogP contribution >= 0.6 is 11.3 Å². The number of nitrogens with zero attached hydrogens (tertiary/aromatic N) is 2. The average Bonchev–Trinajstić information content (AvgIpc) is 3.38. The first kappa shape index (κ1) is 23.5. The van der Waals surface area contributed by atoms with Crippen molar-refractivity contribution >= 4 is 34.0 Å². The largest absolute Gasteiger partial charge is 0.496 e. The number of nitrogens with one attached hydrogen (secondary N) is 1. The summed E-state index contributed by atoms with van der Waals surface area (Å²) in [5.74, 6) is -1.74. The van der Waals surface area contributed by atoms with Crippen molar-refractivity contribution in [2.24, 2.45) is 0 Å². The summed E-state index contributed by atoms with van der Waals surface area (Å²) < 4.78 is 41.0. The van der Waals surface area contributed by atoms with Gasteiger partial charge in [0, 0.05) is 41.3 Å². The van der Waals surface area contributed by atoms with Gasteiger partial charge in [0.05, 0.1) is 19.2 Å². The van der Waals surface area contributed by atoms with Gasteiger partial charge in [-0.2, -0.15) is 0 Å². The minimum atomic E-state index is -1.04. The first-order chi connectivity index (χ1) is 16.3. The van der Waals surface area contributed by atoms with E-state index in [1.165, 1.54) is 7.11 Å². The van der Waals surface area contributed by atoms with E-state index in [9.17, 15) is 18.7 Å². The average molecular weight is 488 g/mol. The Morgan fingerprint density at radius 1 is 1.24 bits per heavy atom. The van der Waals surface area contributed by atoms with Crippen molar-refractivity contribution in [1.29, 1.82) is 0 Å². The lowest BCUT2D eigenvalue weighted by Gasteiger charge is -2.12. The molecule has 0 radical (unpaired) electrons. The van der Waals surface area contributed by atoms with Crippen LogP contribution in [-0.2, 0) is 6.54 Å². The molecule has 0 unspecified atom stereocenters. The predicted molar refractivity (Wildman–Crippen MR) is 127 cm³/mol. The number of anilines is 1. The van der Waals surface area contributed by atoms with Gasteiger partial charge in [-0.25, -0.2) is 18.6 Å². The van der Waals surface area contributed by atoms with Crippen molar-refractivity contribution in [3.63, 3.8) is 0 Å². The summed E-state index contributed by atoms with van der Waals surface area (Å²) in [7, 11) is 1.42. The van der Waals surface area contributed by atoms with Crippen molar-refractivity contribution in [2.75, 3.05) is 25.6 Å². The number of carboxylic acids is 1. The zero-order chi connectivity index (χ0) is 24.4. The standard InChI is InChI=1S/C24H23F2N3O4S/c1-4-33-18-12-19(34-23(18)24(30)31)14-5-6-27-20(10-14)28-7-8-29-13(2)9-15-17(32-3)11-16(25)21(26)22(15)29/h5-6,9-12H,4,7-8H2,1-3H3,(H,27,28)(H,30,31). The molecule has 10 heteroatoms. The molecular formula is C24H23F2N3O4S. The quantitative estimate of drug-likeness (QED) is 0.321. The Balaban J connectivity index is 1.54. The summed E-state index contributed by atoms with van der Waals surface area (Å²) in [5.41, 5.74) is 1.71. The molecule has 1 aromatic carbocycles. The zero-order valence-electron chi connectivity index (χ0n) is 18.8. The predicted octanol–water partition coefficient (Wildman–Crippen LogP) is 5.57. The van der Waals surface area contributed by atoms with E-state index in [-0.39, 0.29) is 16.1 Å². The molecule has 0 spiro atoms. The number of hydrogen-bond donors (Lipinski definition) is 2. The second kappa shape index (κ2) is 9.68. The summed E-state index contributed by atoms with van der Waals surface area (Å²) in [6.07, 6.45) is 1.62. The molecule has 0 atom stereocenters. The fraction of sp³-hybridized carbons (Fsp3) is 0.250. The van der Waals surface area contributed by atoms with Gasteiger partial charge in [-0.1, -0.05) is 0 Å². The maximum Gasteiger partial charge on any atom is 0.349 e. The second-order valence-corrected chi connectivity index (χ2v) is 8.53. The highest BCUT2D eigenvalue weighted by molar-refractivity contribution is 7.17. The lowest BCUT2D eigenvalue weighted by Crippen LogP contribution is -2.13. The number of rotatable bonds is 9. The maximum atomic E-state index is 14.6. The van der Waals surface area contributed by atoms with E-state index >= 15 is 0 Å². The third-order valence-electron chi connectivity index (χ3n) is 5.34. The van der Waals surface area contributed by atoms with Crippen LogP contribution in [0.4, 0.5) is 14.6 Å². The Hall–Kier alpha value is -3.66. The highest BCUT2D eigenvalue weighted by Crippen LogP contribution is 2.37. The fourth-order valence-electron chi connectivity index (χ4n) is 3.83. The van der Waals surface area contributed by atoms with E-state index < -0.39 is 17.6 Å². The smallest absolute Gasteiger partial charge is 0.349 e. The van der Waals surface area contributed by atoms with E-state index in [0.29, 0.717) is 36.6 Å². The third-order valence-corrected chi connectivity index (χ3v) is 6.50. The lowest BCUT2D eigenvalue weighted by atomic mass is 10.2. The first-order valence-electron chi connectivity index (χ1n) is 10.6. The molecule has 4 rings (SSSR count). The summed E-state index contributed by atoms with van der Waals surface area (Å²) in [6.45, 7) is 4.74. The topological polar surface area (TPSA) is 85.6 Å². The van der Waals surface area contributed by atoms with Crippen LogP contribution in [-0.4, -0.2) is 40.9 Å². The molecule has 0 saturated heterocycles. The minimum Gasteiger partial charge on any atom is -0.496 e. The molecule has 34 heavy (non-hydrogen) atoms. The van der Waals surface area contributed by atoms with Crippen molar-refractivity contribution < 1.29 is 28.2 Å². The van der Waals surface area contributed by atoms with Gasteiger partial charge >= 0.3 is 5.97 Å². The Kier molecular flexibility index (Phi) is 6.69. The molecule has 0 aliphatic carbocycles. The molecule has 3 aromatic heterocycles. The highest BCUT2D eigenvalue weighted by Gasteiger charge is 2.19. The Morgan fingerprint density at radius 2 is 2.03 bits per heavy atom. The highest BCUT2D eigenvalue weighted by atomic mass is 32.1. The van der Waals surface area contributed by atoms with E-state index in [1.807, 2.05) is 6.92 Å². The van der Waals surface area contributed by atoms with Gasteiger partial charge in [0.1, 0.15) is 17.3 Å².